The lowest BCUT2D eigenvalue weighted by Gasteiger charge is -2.36. The lowest BCUT2D eigenvalue weighted by atomic mass is 9.92. The summed E-state index contributed by atoms with van der Waals surface area (Å²) in [6.07, 6.45) is 0.813. The molecule has 5 heteroatoms. The summed E-state index contributed by atoms with van der Waals surface area (Å²) in [5, 5.41) is 4.35. The number of hydrogen-bond donors (Lipinski definition) is 2. The normalized spacial score (nSPS) is 15.5. The molecule has 1 aliphatic heterocycles. The summed E-state index contributed by atoms with van der Waals surface area (Å²) in [5.74, 6) is 0.798. The van der Waals surface area contributed by atoms with Gasteiger partial charge in [-0.3, -0.25) is 0 Å². The molecule has 2 heterocycles. The number of nitrogens with zero attached hydrogens (tertiary/aromatic N) is 1. The molecule has 0 radical (unpaired) electrons. The number of urea groups is 1. The molecule has 2 amide bonds. The SMILES string of the molecule is COc1ccc([C@@H]2c3[nH]c4ccccc4c3CCN2C(=O)Nc2ccccc2C)cc1. The second kappa shape index (κ2) is 7.84. The topological polar surface area (TPSA) is 57.4 Å². The summed E-state index contributed by atoms with van der Waals surface area (Å²) in [6, 6.07) is 23.9. The van der Waals surface area contributed by atoms with E-state index in [-0.39, 0.29) is 12.1 Å². The number of carbonyl (C=O) groups excluding carboxylic acids is 1. The third-order valence-electron chi connectivity index (χ3n) is 6.11. The van der Waals surface area contributed by atoms with Gasteiger partial charge >= 0.3 is 6.03 Å². The first-order chi connectivity index (χ1) is 15.2. The number of amides is 2. The van der Waals surface area contributed by atoms with Gasteiger partial charge in [-0.15, -0.1) is 0 Å². The van der Waals surface area contributed by atoms with Gasteiger partial charge in [0, 0.05) is 28.8 Å². The van der Waals surface area contributed by atoms with Crippen molar-refractivity contribution >= 4 is 22.6 Å². The molecule has 1 atom stereocenters. The minimum atomic E-state index is -0.203. The van der Waals surface area contributed by atoms with Gasteiger partial charge in [-0.05, 0) is 54.3 Å². The highest BCUT2D eigenvalue weighted by Gasteiger charge is 2.34. The Balaban J connectivity index is 1.58. The molecule has 3 aromatic carbocycles. The Hall–Kier alpha value is -3.73. The van der Waals surface area contributed by atoms with E-state index in [2.05, 4.69) is 28.5 Å². The number of aromatic amines is 1. The molecule has 0 saturated carbocycles. The predicted octanol–water partition coefficient (Wildman–Crippen LogP) is 5.66. The highest BCUT2D eigenvalue weighted by Crippen LogP contribution is 2.39. The summed E-state index contributed by atoms with van der Waals surface area (Å²) < 4.78 is 5.34. The number of carbonyl (C=O) groups is 1. The minimum absolute atomic E-state index is 0.0978. The smallest absolute Gasteiger partial charge is 0.322 e. The average molecular weight is 412 g/mol. The number of rotatable bonds is 3. The van der Waals surface area contributed by atoms with Gasteiger partial charge < -0.3 is 19.9 Å². The summed E-state index contributed by atoms with van der Waals surface area (Å²) in [4.78, 5) is 19.0. The Morgan fingerprint density at radius 3 is 2.55 bits per heavy atom. The van der Waals surface area contributed by atoms with Gasteiger partial charge in [0.2, 0.25) is 0 Å². The van der Waals surface area contributed by atoms with Crippen molar-refractivity contribution in [3.05, 3.63) is 95.2 Å². The number of methoxy groups -OCH3 is 1. The zero-order valence-electron chi connectivity index (χ0n) is 17.7. The van der Waals surface area contributed by atoms with Crippen molar-refractivity contribution in [3.63, 3.8) is 0 Å². The zero-order chi connectivity index (χ0) is 21.4. The Morgan fingerprint density at radius 2 is 1.77 bits per heavy atom. The van der Waals surface area contributed by atoms with Crippen LogP contribution >= 0.6 is 0 Å². The van der Waals surface area contributed by atoms with E-state index in [1.807, 2.05) is 66.4 Å². The van der Waals surface area contributed by atoms with Crippen LogP contribution in [0, 0.1) is 6.92 Å². The molecule has 2 N–H and O–H groups in total. The van der Waals surface area contributed by atoms with Gasteiger partial charge in [-0.1, -0.05) is 48.5 Å². The van der Waals surface area contributed by atoms with Crippen molar-refractivity contribution in [2.45, 2.75) is 19.4 Å². The van der Waals surface area contributed by atoms with Crippen LogP contribution in [0.5, 0.6) is 5.75 Å². The molecule has 0 spiro atoms. The third-order valence-corrected chi connectivity index (χ3v) is 6.11. The van der Waals surface area contributed by atoms with E-state index in [1.165, 1.54) is 10.9 Å². The van der Waals surface area contributed by atoms with Crippen molar-refractivity contribution in [3.8, 4) is 5.75 Å². The molecule has 0 saturated heterocycles. The molecular weight excluding hydrogens is 386 g/mol. The van der Waals surface area contributed by atoms with Gasteiger partial charge in [0.15, 0.2) is 0 Å². The molecule has 0 unspecified atom stereocenters. The monoisotopic (exact) mass is 411 g/mol. The van der Waals surface area contributed by atoms with Gasteiger partial charge in [0.05, 0.1) is 13.2 Å². The molecule has 31 heavy (non-hydrogen) atoms. The van der Waals surface area contributed by atoms with E-state index in [0.29, 0.717) is 6.54 Å². The van der Waals surface area contributed by atoms with Crippen LogP contribution in [-0.2, 0) is 6.42 Å². The number of aromatic nitrogens is 1. The van der Waals surface area contributed by atoms with Gasteiger partial charge in [0.1, 0.15) is 5.75 Å². The van der Waals surface area contributed by atoms with Crippen molar-refractivity contribution in [2.24, 2.45) is 0 Å². The van der Waals surface area contributed by atoms with Crippen LogP contribution in [0.4, 0.5) is 10.5 Å². The largest absolute Gasteiger partial charge is 0.497 e. The van der Waals surface area contributed by atoms with Gasteiger partial charge in [-0.25, -0.2) is 4.79 Å². The highest BCUT2D eigenvalue weighted by atomic mass is 16.5. The third kappa shape index (κ3) is 3.42. The second-order valence-corrected chi connectivity index (χ2v) is 7.93. The van der Waals surface area contributed by atoms with Crippen LogP contribution in [0.1, 0.15) is 28.4 Å². The molecule has 1 aliphatic rings. The average Bonchev–Trinajstić information content (AvgIpc) is 3.19. The Bertz CT molecular complexity index is 1240. The number of ether oxygens (including phenoxy) is 1. The fourth-order valence-electron chi connectivity index (χ4n) is 4.49. The first-order valence-electron chi connectivity index (χ1n) is 10.5. The fraction of sp³-hybridized carbons (Fsp3) is 0.192. The maximum atomic E-state index is 13.4. The number of nitrogens with one attached hydrogen (secondary N) is 2. The van der Waals surface area contributed by atoms with Crippen LogP contribution in [0.3, 0.4) is 0 Å². The summed E-state index contributed by atoms with van der Waals surface area (Å²) in [7, 11) is 1.66. The number of benzene rings is 3. The number of hydrogen-bond acceptors (Lipinski definition) is 2. The van der Waals surface area contributed by atoms with Gasteiger partial charge in [-0.2, -0.15) is 0 Å². The van der Waals surface area contributed by atoms with Crippen LogP contribution in [-0.4, -0.2) is 29.6 Å². The van der Waals surface area contributed by atoms with E-state index in [1.54, 1.807) is 7.11 Å². The van der Waals surface area contributed by atoms with Gasteiger partial charge in [0.25, 0.3) is 0 Å². The maximum absolute atomic E-state index is 13.4. The quantitative estimate of drug-likeness (QED) is 0.457. The summed E-state index contributed by atoms with van der Waals surface area (Å²) in [5.41, 5.74) is 6.40. The standard InChI is InChI=1S/C26H25N3O2/c1-17-7-3-5-9-22(17)28-26(30)29-16-15-21-20-8-4-6-10-23(20)27-24(21)25(29)18-11-13-19(31-2)14-12-18/h3-14,25,27H,15-16H2,1-2H3,(H,28,30)/t25-/m1/s1. The summed E-state index contributed by atoms with van der Waals surface area (Å²) in [6.45, 7) is 2.64. The van der Waals surface area contributed by atoms with E-state index >= 15 is 0 Å². The Labute approximate surface area is 181 Å². The van der Waals surface area contributed by atoms with Crippen LogP contribution in [0.25, 0.3) is 10.9 Å². The molecule has 1 aromatic heterocycles. The van der Waals surface area contributed by atoms with Crippen LogP contribution in [0.15, 0.2) is 72.8 Å². The Kier molecular flexibility index (Phi) is 4.86. The first kappa shape index (κ1) is 19.2. The minimum Gasteiger partial charge on any atom is -0.497 e. The Morgan fingerprint density at radius 1 is 1.03 bits per heavy atom. The lowest BCUT2D eigenvalue weighted by Crippen LogP contribution is -2.43. The number of aryl methyl sites for hydroxylation is 1. The number of H-pyrrole nitrogens is 1. The molecule has 5 nitrogen and oxygen atoms in total. The van der Waals surface area contributed by atoms with Crippen LogP contribution in [0.2, 0.25) is 0 Å². The number of fused-ring (bicyclic) bond motifs is 3. The van der Waals surface area contributed by atoms with E-state index in [4.69, 9.17) is 4.74 Å². The molecule has 4 aromatic rings. The van der Waals surface area contributed by atoms with E-state index < -0.39 is 0 Å². The summed E-state index contributed by atoms with van der Waals surface area (Å²) >= 11 is 0. The molecule has 5 rings (SSSR count). The molecule has 0 fully saturated rings. The lowest BCUT2D eigenvalue weighted by molar-refractivity contribution is 0.193. The van der Waals surface area contributed by atoms with E-state index in [9.17, 15) is 4.79 Å². The van der Waals surface area contributed by atoms with Crippen LogP contribution < -0.4 is 10.1 Å². The number of para-hydroxylation sites is 2. The maximum Gasteiger partial charge on any atom is 0.322 e. The van der Waals surface area contributed by atoms with Crippen molar-refractivity contribution < 1.29 is 9.53 Å². The molecule has 0 aliphatic carbocycles. The van der Waals surface area contributed by atoms with Crippen molar-refractivity contribution in [2.75, 3.05) is 19.0 Å². The second-order valence-electron chi connectivity index (χ2n) is 7.93. The molecule has 0 bridgehead atoms. The van der Waals surface area contributed by atoms with E-state index in [0.717, 1.165) is 40.2 Å². The molecular formula is C26H25N3O2. The van der Waals surface area contributed by atoms with Crippen molar-refractivity contribution in [1.29, 1.82) is 0 Å². The van der Waals surface area contributed by atoms with Crippen molar-refractivity contribution in [1.82, 2.24) is 9.88 Å². The first-order valence-corrected chi connectivity index (χ1v) is 10.5. The highest BCUT2D eigenvalue weighted by molar-refractivity contribution is 5.92. The predicted molar refractivity (Wildman–Crippen MR) is 124 cm³/mol. The number of anilines is 1. The molecule has 156 valence electrons. The fourth-order valence-corrected chi connectivity index (χ4v) is 4.49. The zero-order valence-corrected chi connectivity index (χ0v) is 17.7.